The highest BCUT2D eigenvalue weighted by atomic mass is 16.4. The molecule has 0 aliphatic rings. The van der Waals surface area contributed by atoms with E-state index in [9.17, 15) is 0 Å². The van der Waals surface area contributed by atoms with E-state index < -0.39 is 7.12 Å². The summed E-state index contributed by atoms with van der Waals surface area (Å²) in [5.74, 6) is 0. The van der Waals surface area contributed by atoms with Gasteiger partial charge >= 0.3 is 7.12 Å². The van der Waals surface area contributed by atoms with E-state index in [1.54, 1.807) is 0 Å². The zero-order valence-electron chi connectivity index (χ0n) is 7.41. The first kappa shape index (κ1) is 9.29. The van der Waals surface area contributed by atoms with Crippen LogP contribution in [0.2, 0.25) is 0 Å². The van der Waals surface area contributed by atoms with E-state index in [2.05, 4.69) is 6.07 Å². The molecule has 0 bridgehead atoms. The second kappa shape index (κ2) is 3.74. The second-order valence-electron chi connectivity index (χ2n) is 3.18. The van der Waals surface area contributed by atoms with Crippen molar-refractivity contribution in [3.63, 3.8) is 0 Å². The lowest BCUT2D eigenvalue weighted by Crippen LogP contribution is -2.15. The summed E-state index contributed by atoms with van der Waals surface area (Å²) in [5, 5.41) is 17.5. The molecular weight excluding hydrogens is 151 g/mol. The minimum atomic E-state index is -1.24. The molecular formula is C9H13BO2. The molecule has 0 saturated heterocycles. The van der Waals surface area contributed by atoms with Gasteiger partial charge < -0.3 is 10.0 Å². The maximum Gasteiger partial charge on any atom is 0.456 e. The Labute approximate surface area is 73.0 Å². The van der Waals surface area contributed by atoms with Gasteiger partial charge in [0.2, 0.25) is 0 Å². The molecule has 0 aliphatic heterocycles. The molecule has 0 atom stereocenters. The summed E-state index contributed by atoms with van der Waals surface area (Å²) in [7, 11) is -1.24. The highest BCUT2D eigenvalue weighted by molar-refractivity contribution is 6.40. The first-order chi connectivity index (χ1) is 5.58. The predicted molar refractivity (Wildman–Crippen MR) is 49.8 cm³/mol. The minimum absolute atomic E-state index is 0.308. The van der Waals surface area contributed by atoms with Crippen molar-refractivity contribution in [1.29, 1.82) is 0 Å². The third-order valence-electron chi connectivity index (χ3n) is 1.70. The first-order valence-corrected chi connectivity index (χ1v) is 4.01. The van der Waals surface area contributed by atoms with E-state index in [0.29, 0.717) is 6.32 Å². The standard InChI is InChI=1S/C9H13BO2/c1-7-3-8(2)5-9(4-7)6-10(11)12/h3-5,11-12H,6H2,1-2H3. The Hall–Kier alpha value is -0.795. The van der Waals surface area contributed by atoms with E-state index in [4.69, 9.17) is 10.0 Å². The van der Waals surface area contributed by atoms with Crippen LogP contribution < -0.4 is 0 Å². The van der Waals surface area contributed by atoms with Crippen LogP contribution in [0.15, 0.2) is 18.2 Å². The van der Waals surface area contributed by atoms with Gasteiger partial charge in [-0.2, -0.15) is 0 Å². The molecule has 1 rings (SSSR count). The average molecular weight is 164 g/mol. The van der Waals surface area contributed by atoms with Crippen LogP contribution >= 0.6 is 0 Å². The normalized spacial score (nSPS) is 10.0. The number of rotatable bonds is 2. The van der Waals surface area contributed by atoms with E-state index in [-0.39, 0.29) is 0 Å². The molecule has 0 aliphatic carbocycles. The van der Waals surface area contributed by atoms with Crippen molar-refractivity contribution < 1.29 is 10.0 Å². The van der Waals surface area contributed by atoms with Crippen LogP contribution in [0.5, 0.6) is 0 Å². The van der Waals surface area contributed by atoms with E-state index in [1.165, 1.54) is 0 Å². The lowest BCUT2D eigenvalue weighted by atomic mass is 9.81. The Bertz CT molecular complexity index is 251. The fourth-order valence-electron chi connectivity index (χ4n) is 1.40. The second-order valence-corrected chi connectivity index (χ2v) is 3.18. The van der Waals surface area contributed by atoms with Crippen molar-refractivity contribution in [3.05, 3.63) is 34.9 Å². The van der Waals surface area contributed by atoms with Gasteiger partial charge in [0, 0.05) is 6.32 Å². The van der Waals surface area contributed by atoms with Crippen molar-refractivity contribution in [2.45, 2.75) is 20.2 Å². The summed E-state index contributed by atoms with van der Waals surface area (Å²) in [6.45, 7) is 4.00. The molecule has 0 spiro atoms. The maximum atomic E-state index is 8.74. The van der Waals surface area contributed by atoms with Crippen molar-refractivity contribution in [2.75, 3.05) is 0 Å². The number of hydrogen-bond acceptors (Lipinski definition) is 2. The first-order valence-electron chi connectivity index (χ1n) is 4.01. The molecule has 0 saturated carbocycles. The summed E-state index contributed by atoms with van der Waals surface area (Å²) in [5.41, 5.74) is 3.29. The molecule has 2 nitrogen and oxygen atoms in total. The fraction of sp³-hybridized carbons (Fsp3) is 0.333. The fourth-order valence-corrected chi connectivity index (χ4v) is 1.40. The van der Waals surface area contributed by atoms with Crippen LogP contribution in [0.1, 0.15) is 16.7 Å². The summed E-state index contributed by atoms with van der Waals surface area (Å²) < 4.78 is 0. The molecule has 0 fully saturated rings. The molecule has 0 unspecified atom stereocenters. The molecule has 2 N–H and O–H groups in total. The topological polar surface area (TPSA) is 40.5 Å². The van der Waals surface area contributed by atoms with Crippen molar-refractivity contribution >= 4 is 7.12 Å². The number of aryl methyl sites for hydroxylation is 2. The number of benzene rings is 1. The van der Waals surface area contributed by atoms with Crippen molar-refractivity contribution in [1.82, 2.24) is 0 Å². The van der Waals surface area contributed by atoms with Gasteiger partial charge in [0.25, 0.3) is 0 Å². The predicted octanol–water partition coefficient (Wildman–Crippen LogP) is 0.858. The lowest BCUT2D eigenvalue weighted by molar-refractivity contribution is 0.405. The van der Waals surface area contributed by atoms with Crippen molar-refractivity contribution in [2.24, 2.45) is 0 Å². The Balaban J connectivity index is 2.85. The number of hydrogen-bond donors (Lipinski definition) is 2. The SMILES string of the molecule is Cc1cc(C)cc(CB(O)O)c1. The Morgan fingerprint density at radius 1 is 1.08 bits per heavy atom. The molecule has 64 valence electrons. The van der Waals surface area contributed by atoms with Gasteiger partial charge in [0.1, 0.15) is 0 Å². The van der Waals surface area contributed by atoms with Gasteiger partial charge in [-0.3, -0.25) is 0 Å². The lowest BCUT2D eigenvalue weighted by Gasteiger charge is -2.03. The Kier molecular flexibility index (Phi) is 2.90. The molecule has 1 aromatic rings. The molecule has 12 heavy (non-hydrogen) atoms. The van der Waals surface area contributed by atoms with Gasteiger partial charge in [0.05, 0.1) is 0 Å². The smallest absolute Gasteiger partial charge is 0.427 e. The van der Waals surface area contributed by atoms with Crippen LogP contribution in [0.4, 0.5) is 0 Å². The Morgan fingerprint density at radius 2 is 1.58 bits per heavy atom. The van der Waals surface area contributed by atoms with Crippen LogP contribution in [0.3, 0.4) is 0 Å². The van der Waals surface area contributed by atoms with Crippen LogP contribution in [0, 0.1) is 13.8 Å². The zero-order valence-corrected chi connectivity index (χ0v) is 7.41. The molecule has 0 heterocycles. The van der Waals surface area contributed by atoms with Crippen LogP contribution in [-0.2, 0) is 6.32 Å². The highest BCUT2D eigenvalue weighted by Gasteiger charge is 2.07. The summed E-state index contributed by atoms with van der Waals surface area (Å²) >= 11 is 0. The summed E-state index contributed by atoms with van der Waals surface area (Å²) in [4.78, 5) is 0. The van der Waals surface area contributed by atoms with Gasteiger partial charge in [-0.05, 0) is 19.4 Å². The van der Waals surface area contributed by atoms with Crippen LogP contribution in [0.25, 0.3) is 0 Å². The molecule has 1 aromatic carbocycles. The maximum absolute atomic E-state index is 8.74. The average Bonchev–Trinajstić information content (AvgIpc) is 1.81. The summed E-state index contributed by atoms with van der Waals surface area (Å²) in [6, 6.07) is 5.99. The third-order valence-corrected chi connectivity index (χ3v) is 1.70. The van der Waals surface area contributed by atoms with Crippen molar-refractivity contribution in [3.8, 4) is 0 Å². The molecule has 0 radical (unpaired) electrons. The van der Waals surface area contributed by atoms with E-state index >= 15 is 0 Å². The quantitative estimate of drug-likeness (QED) is 0.636. The van der Waals surface area contributed by atoms with Gasteiger partial charge in [0.15, 0.2) is 0 Å². The van der Waals surface area contributed by atoms with Crippen LogP contribution in [-0.4, -0.2) is 17.2 Å². The van der Waals surface area contributed by atoms with Gasteiger partial charge in [-0.1, -0.05) is 29.3 Å². The van der Waals surface area contributed by atoms with E-state index in [1.807, 2.05) is 26.0 Å². The molecule has 0 aromatic heterocycles. The summed E-state index contributed by atoms with van der Waals surface area (Å²) in [6.07, 6.45) is 0.308. The van der Waals surface area contributed by atoms with E-state index in [0.717, 1.165) is 16.7 Å². The monoisotopic (exact) mass is 164 g/mol. The largest absolute Gasteiger partial charge is 0.456 e. The van der Waals surface area contributed by atoms with Gasteiger partial charge in [-0.25, -0.2) is 0 Å². The zero-order chi connectivity index (χ0) is 9.14. The third kappa shape index (κ3) is 2.68. The van der Waals surface area contributed by atoms with Gasteiger partial charge in [-0.15, -0.1) is 0 Å². The molecule has 3 heteroatoms. The minimum Gasteiger partial charge on any atom is -0.427 e. The highest BCUT2D eigenvalue weighted by Crippen LogP contribution is 2.09. The Morgan fingerprint density at radius 3 is 2.00 bits per heavy atom. The molecule has 0 amide bonds.